The van der Waals surface area contributed by atoms with Crippen LogP contribution in [0, 0.1) is 5.41 Å². The summed E-state index contributed by atoms with van der Waals surface area (Å²) >= 11 is 0. The lowest BCUT2D eigenvalue weighted by Crippen LogP contribution is -2.40. The molecule has 1 heterocycles. The van der Waals surface area contributed by atoms with E-state index in [0.29, 0.717) is 0 Å². The minimum Gasteiger partial charge on any atom is -0.330 e. The summed E-state index contributed by atoms with van der Waals surface area (Å²) < 4.78 is 0. The van der Waals surface area contributed by atoms with Crippen molar-refractivity contribution < 1.29 is 0 Å². The molecule has 15 heavy (non-hydrogen) atoms. The van der Waals surface area contributed by atoms with E-state index in [0.717, 1.165) is 13.1 Å². The summed E-state index contributed by atoms with van der Waals surface area (Å²) in [5.41, 5.74) is 5.99. The Morgan fingerprint density at radius 1 is 1.27 bits per heavy atom. The minimum absolute atomic E-state index is 0.250. The lowest BCUT2D eigenvalue weighted by atomic mass is 9.93. The first kappa shape index (κ1) is 12.9. The molecule has 1 fully saturated rings. The van der Waals surface area contributed by atoms with Crippen molar-refractivity contribution in [2.45, 2.75) is 26.7 Å². The first-order chi connectivity index (χ1) is 7.03. The molecule has 0 atom stereocenters. The van der Waals surface area contributed by atoms with Gasteiger partial charge in [0, 0.05) is 19.6 Å². The number of hydrogen-bond acceptors (Lipinski definition) is 3. The second-order valence-corrected chi connectivity index (χ2v) is 5.65. The Labute approximate surface area is 94.6 Å². The highest BCUT2D eigenvalue weighted by atomic mass is 15.2. The number of likely N-dealkylation sites (N-methyl/N-ethyl adjacent to an activating group) is 1. The van der Waals surface area contributed by atoms with Crippen LogP contribution >= 0.6 is 0 Å². The zero-order valence-electron chi connectivity index (χ0n) is 10.6. The molecule has 90 valence electrons. The van der Waals surface area contributed by atoms with E-state index in [1.807, 2.05) is 0 Å². The molecule has 1 aliphatic heterocycles. The van der Waals surface area contributed by atoms with Crippen LogP contribution in [-0.2, 0) is 0 Å². The Balaban J connectivity index is 2.15. The Morgan fingerprint density at radius 2 is 1.87 bits per heavy atom. The molecular formula is C12H27N3. The third-order valence-electron chi connectivity index (χ3n) is 3.25. The molecule has 0 aliphatic carbocycles. The van der Waals surface area contributed by atoms with Crippen LogP contribution in [0.1, 0.15) is 26.7 Å². The topological polar surface area (TPSA) is 32.5 Å². The molecule has 0 aromatic carbocycles. The van der Waals surface area contributed by atoms with E-state index in [2.05, 4.69) is 30.7 Å². The average molecular weight is 213 g/mol. The molecule has 3 heteroatoms. The van der Waals surface area contributed by atoms with Crippen molar-refractivity contribution in [3.05, 3.63) is 0 Å². The van der Waals surface area contributed by atoms with Crippen LogP contribution in [-0.4, -0.2) is 56.1 Å². The van der Waals surface area contributed by atoms with Gasteiger partial charge in [0.05, 0.1) is 0 Å². The van der Waals surface area contributed by atoms with E-state index in [9.17, 15) is 0 Å². The van der Waals surface area contributed by atoms with Gasteiger partial charge in [0.15, 0.2) is 0 Å². The predicted octanol–water partition coefficient (Wildman–Crippen LogP) is 0.999. The van der Waals surface area contributed by atoms with Gasteiger partial charge in [-0.2, -0.15) is 0 Å². The molecule has 0 unspecified atom stereocenters. The van der Waals surface area contributed by atoms with E-state index in [4.69, 9.17) is 5.73 Å². The normalized spacial score (nSPS) is 19.0. The summed E-state index contributed by atoms with van der Waals surface area (Å²) in [6.45, 7) is 11.3. The lowest BCUT2D eigenvalue weighted by Gasteiger charge is -2.30. The second-order valence-electron chi connectivity index (χ2n) is 5.65. The molecule has 0 aromatic heterocycles. The summed E-state index contributed by atoms with van der Waals surface area (Å²) in [5.74, 6) is 0. The van der Waals surface area contributed by atoms with Gasteiger partial charge in [0.1, 0.15) is 0 Å². The molecule has 3 nitrogen and oxygen atoms in total. The summed E-state index contributed by atoms with van der Waals surface area (Å²) in [4.78, 5) is 4.97. The van der Waals surface area contributed by atoms with Crippen molar-refractivity contribution in [1.82, 2.24) is 9.80 Å². The van der Waals surface area contributed by atoms with E-state index in [-0.39, 0.29) is 5.41 Å². The fourth-order valence-electron chi connectivity index (χ4n) is 2.19. The minimum atomic E-state index is 0.250. The largest absolute Gasteiger partial charge is 0.330 e. The quantitative estimate of drug-likeness (QED) is 0.714. The molecule has 2 N–H and O–H groups in total. The Bertz CT molecular complexity index is 174. The molecule has 1 saturated heterocycles. The second kappa shape index (κ2) is 5.83. The highest BCUT2D eigenvalue weighted by Gasteiger charge is 2.18. The number of likely N-dealkylation sites (tertiary alicyclic amines) is 1. The van der Waals surface area contributed by atoms with Gasteiger partial charge in [-0.15, -0.1) is 0 Å². The highest BCUT2D eigenvalue weighted by molar-refractivity contribution is 4.74. The van der Waals surface area contributed by atoms with Crippen LogP contribution in [0.15, 0.2) is 0 Å². The zero-order chi connectivity index (χ0) is 11.3. The first-order valence-electron chi connectivity index (χ1n) is 6.14. The maximum atomic E-state index is 5.74. The van der Waals surface area contributed by atoms with Crippen molar-refractivity contribution in [1.29, 1.82) is 0 Å². The van der Waals surface area contributed by atoms with Crippen LogP contribution in [0.3, 0.4) is 0 Å². The first-order valence-corrected chi connectivity index (χ1v) is 6.14. The fraction of sp³-hybridized carbons (Fsp3) is 1.00. The maximum absolute atomic E-state index is 5.74. The Kier molecular flexibility index (Phi) is 5.03. The van der Waals surface area contributed by atoms with Gasteiger partial charge in [-0.3, -0.25) is 0 Å². The number of nitrogens with zero attached hydrogens (tertiary/aromatic N) is 2. The Hall–Kier alpha value is -0.120. The van der Waals surface area contributed by atoms with E-state index < -0.39 is 0 Å². The predicted molar refractivity (Wildman–Crippen MR) is 66.0 cm³/mol. The number of rotatable bonds is 6. The Morgan fingerprint density at radius 3 is 2.40 bits per heavy atom. The van der Waals surface area contributed by atoms with Crippen molar-refractivity contribution in [3.63, 3.8) is 0 Å². The SMILES string of the molecule is CN(CCN1CCCC1)CC(C)(C)CN. The van der Waals surface area contributed by atoms with Crippen LogP contribution in [0.4, 0.5) is 0 Å². The summed E-state index contributed by atoms with van der Waals surface area (Å²) in [7, 11) is 2.20. The average Bonchev–Trinajstić information content (AvgIpc) is 2.66. The summed E-state index contributed by atoms with van der Waals surface area (Å²) in [6.07, 6.45) is 2.77. The van der Waals surface area contributed by atoms with Gasteiger partial charge in [0.25, 0.3) is 0 Å². The van der Waals surface area contributed by atoms with E-state index in [1.54, 1.807) is 0 Å². The van der Waals surface area contributed by atoms with Crippen LogP contribution in [0.25, 0.3) is 0 Å². The number of hydrogen-bond donors (Lipinski definition) is 1. The van der Waals surface area contributed by atoms with Crippen molar-refractivity contribution in [3.8, 4) is 0 Å². The molecule has 0 bridgehead atoms. The van der Waals surface area contributed by atoms with Crippen molar-refractivity contribution in [2.24, 2.45) is 11.1 Å². The summed E-state index contributed by atoms with van der Waals surface area (Å²) in [6, 6.07) is 0. The molecule has 0 spiro atoms. The van der Waals surface area contributed by atoms with Gasteiger partial charge in [-0.1, -0.05) is 13.8 Å². The molecular weight excluding hydrogens is 186 g/mol. The van der Waals surface area contributed by atoms with E-state index in [1.165, 1.54) is 39.0 Å². The molecule has 0 saturated carbocycles. The van der Waals surface area contributed by atoms with Gasteiger partial charge in [-0.05, 0) is 44.9 Å². The standard InChI is InChI=1S/C12H27N3/c1-12(2,10-13)11-14(3)8-9-15-6-4-5-7-15/h4-11,13H2,1-3H3. The molecule has 1 rings (SSSR count). The van der Waals surface area contributed by atoms with Crippen LogP contribution < -0.4 is 5.73 Å². The fourth-order valence-corrected chi connectivity index (χ4v) is 2.19. The molecule has 0 aromatic rings. The highest BCUT2D eigenvalue weighted by Crippen LogP contribution is 2.14. The third kappa shape index (κ3) is 4.96. The zero-order valence-corrected chi connectivity index (χ0v) is 10.6. The molecule has 0 amide bonds. The monoisotopic (exact) mass is 213 g/mol. The van der Waals surface area contributed by atoms with Crippen LogP contribution in [0.5, 0.6) is 0 Å². The maximum Gasteiger partial charge on any atom is 0.0109 e. The smallest absolute Gasteiger partial charge is 0.0109 e. The van der Waals surface area contributed by atoms with Gasteiger partial charge in [0.2, 0.25) is 0 Å². The van der Waals surface area contributed by atoms with Crippen molar-refractivity contribution >= 4 is 0 Å². The van der Waals surface area contributed by atoms with Crippen LogP contribution in [0.2, 0.25) is 0 Å². The van der Waals surface area contributed by atoms with Gasteiger partial charge in [-0.25, -0.2) is 0 Å². The van der Waals surface area contributed by atoms with Crippen molar-refractivity contribution in [2.75, 3.05) is 46.3 Å². The van der Waals surface area contributed by atoms with E-state index >= 15 is 0 Å². The lowest BCUT2D eigenvalue weighted by molar-refractivity contribution is 0.192. The number of nitrogens with two attached hydrogens (primary N) is 1. The van der Waals surface area contributed by atoms with Gasteiger partial charge < -0.3 is 15.5 Å². The summed E-state index contributed by atoms with van der Waals surface area (Å²) in [5, 5.41) is 0. The molecule has 1 aliphatic rings. The molecule has 0 radical (unpaired) electrons. The van der Waals surface area contributed by atoms with Gasteiger partial charge >= 0.3 is 0 Å². The third-order valence-corrected chi connectivity index (χ3v) is 3.25.